The van der Waals surface area contributed by atoms with Gasteiger partial charge in [-0.1, -0.05) is 15.9 Å². The van der Waals surface area contributed by atoms with Crippen LogP contribution in [0.2, 0.25) is 0 Å². The Morgan fingerprint density at radius 3 is 2.80 bits per heavy atom. The van der Waals surface area contributed by atoms with Gasteiger partial charge in [0, 0.05) is 22.6 Å². The molecule has 6 heteroatoms. The second-order valence-corrected chi connectivity index (χ2v) is 5.80. The third kappa shape index (κ3) is 4.65. The number of nitrogens with one attached hydrogen (secondary N) is 1. The SMILES string of the molecule is COc1ccc(Br)cc1CC(=O)NC(CN)C1CC1.Cl. The van der Waals surface area contributed by atoms with Gasteiger partial charge in [-0.2, -0.15) is 0 Å². The molecule has 0 heterocycles. The third-order valence-electron chi connectivity index (χ3n) is 3.38. The molecule has 0 radical (unpaired) electrons. The first-order chi connectivity index (χ1) is 9.13. The molecule has 1 amide bonds. The summed E-state index contributed by atoms with van der Waals surface area (Å²) in [6, 6.07) is 5.78. The topological polar surface area (TPSA) is 64.3 Å². The quantitative estimate of drug-likeness (QED) is 0.815. The normalized spacial score (nSPS) is 15.2. The summed E-state index contributed by atoms with van der Waals surface area (Å²) < 4.78 is 6.21. The van der Waals surface area contributed by atoms with Gasteiger partial charge in [-0.05, 0) is 37.0 Å². The Morgan fingerprint density at radius 1 is 1.55 bits per heavy atom. The van der Waals surface area contributed by atoms with Crippen molar-refractivity contribution in [2.45, 2.75) is 25.3 Å². The Bertz CT molecular complexity index is 466. The zero-order valence-electron chi connectivity index (χ0n) is 11.4. The van der Waals surface area contributed by atoms with E-state index in [2.05, 4.69) is 21.2 Å². The third-order valence-corrected chi connectivity index (χ3v) is 3.88. The lowest BCUT2D eigenvalue weighted by atomic mass is 10.1. The summed E-state index contributed by atoms with van der Waals surface area (Å²) in [5.41, 5.74) is 6.56. The molecule has 0 spiro atoms. The highest BCUT2D eigenvalue weighted by Gasteiger charge is 2.31. The minimum Gasteiger partial charge on any atom is -0.496 e. The molecule has 0 saturated heterocycles. The van der Waals surface area contributed by atoms with Gasteiger partial charge in [0.25, 0.3) is 0 Å². The molecule has 1 aliphatic rings. The van der Waals surface area contributed by atoms with E-state index in [0.29, 0.717) is 18.9 Å². The van der Waals surface area contributed by atoms with Crippen molar-refractivity contribution in [3.63, 3.8) is 0 Å². The average Bonchev–Trinajstić information content (AvgIpc) is 3.20. The molecule has 112 valence electrons. The van der Waals surface area contributed by atoms with Gasteiger partial charge in [0.15, 0.2) is 0 Å². The Kier molecular flexibility index (Phi) is 6.79. The largest absolute Gasteiger partial charge is 0.496 e. The van der Waals surface area contributed by atoms with Gasteiger partial charge in [0.2, 0.25) is 5.91 Å². The van der Waals surface area contributed by atoms with E-state index in [1.54, 1.807) is 7.11 Å². The van der Waals surface area contributed by atoms with Crippen LogP contribution in [0.1, 0.15) is 18.4 Å². The van der Waals surface area contributed by atoms with Gasteiger partial charge < -0.3 is 15.8 Å². The molecule has 3 N–H and O–H groups in total. The minimum absolute atomic E-state index is 0. The molecule has 20 heavy (non-hydrogen) atoms. The van der Waals surface area contributed by atoms with Crippen LogP contribution >= 0.6 is 28.3 Å². The molecule has 1 aromatic rings. The van der Waals surface area contributed by atoms with E-state index in [-0.39, 0.29) is 24.4 Å². The number of carbonyl (C=O) groups excluding carboxylic acids is 1. The van der Waals surface area contributed by atoms with Crippen molar-refractivity contribution in [1.82, 2.24) is 5.32 Å². The van der Waals surface area contributed by atoms with Crippen molar-refractivity contribution in [3.05, 3.63) is 28.2 Å². The van der Waals surface area contributed by atoms with E-state index in [1.165, 1.54) is 12.8 Å². The van der Waals surface area contributed by atoms with Crippen LogP contribution in [0.5, 0.6) is 5.75 Å². The van der Waals surface area contributed by atoms with Crippen LogP contribution < -0.4 is 15.8 Å². The fourth-order valence-electron chi connectivity index (χ4n) is 2.18. The van der Waals surface area contributed by atoms with Crippen LogP contribution in [0, 0.1) is 5.92 Å². The lowest BCUT2D eigenvalue weighted by molar-refractivity contribution is -0.121. The second kappa shape index (κ2) is 7.86. The number of hydrogen-bond donors (Lipinski definition) is 2. The van der Waals surface area contributed by atoms with Crippen molar-refractivity contribution in [1.29, 1.82) is 0 Å². The maximum atomic E-state index is 12.1. The van der Waals surface area contributed by atoms with Crippen LogP contribution in [0.3, 0.4) is 0 Å². The Hall–Kier alpha value is -0.780. The summed E-state index contributed by atoms with van der Waals surface area (Å²) in [5, 5.41) is 3.01. The predicted molar refractivity (Wildman–Crippen MR) is 85.4 cm³/mol. The molecule has 1 saturated carbocycles. The van der Waals surface area contributed by atoms with Crippen LogP contribution in [-0.2, 0) is 11.2 Å². The number of halogens is 2. The zero-order valence-corrected chi connectivity index (χ0v) is 13.8. The lowest BCUT2D eigenvalue weighted by Gasteiger charge is -2.16. The van der Waals surface area contributed by atoms with Crippen LogP contribution in [0.15, 0.2) is 22.7 Å². The second-order valence-electron chi connectivity index (χ2n) is 4.88. The number of carbonyl (C=O) groups is 1. The Morgan fingerprint density at radius 2 is 2.25 bits per heavy atom. The van der Waals surface area contributed by atoms with E-state index < -0.39 is 0 Å². The average molecular weight is 364 g/mol. The Balaban J connectivity index is 0.00000200. The van der Waals surface area contributed by atoms with Crippen LogP contribution in [0.25, 0.3) is 0 Å². The first-order valence-electron chi connectivity index (χ1n) is 6.46. The number of ether oxygens (including phenoxy) is 1. The molecule has 1 aromatic carbocycles. The first kappa shape index (κ1) is 17.3. The van der Waals surface area contributed by atoms with Gasteiger partial charge >= 0.3 is 0 Å². The number of hydrogen-bond acceptors (Lipinski definition) is 3. The van der Waals surface area contributed by atoms with Crippen molar-refractivity contribution in [2.75, 3.05) is 13.7 Å². The summed E-state index contributed by atoms with van der Waals surface area (Å²) in [7, 11) is 1.61. The first-order valence-corrected chi connectivity index (χ1v) is 7.25. The zero-order chi connectivity index (χ0) is 13.8. The molecule has 1 unspecified atom stereocenters. The van der Waals surface area contributed by atoms with Gasteiger partial charge in [0.1, 0.15) is 5.75 Å². The number of nitrogens with two attached hydrogens (primary N) is 1. The number of amides is 1. The predicted octanol–water partition coefficient (Wildman–Crippen LogP) is 2.28. The lowest BCUT2D eigenvalue weighted by Crippen LogP contribution is -2.42. The fraction of sp³-hybridized carbons (Fsp3) is 0.500. The van der Waals surface area contributed by atoms with E-state index in [0.717, 1.165) is 15.8 Å². The van der Waals surface area contributed by atoms with Crippen molar-refractivity contribution in [3.8, 4) is 5.75 Å². The maximum Gasteiger partial charge on any atom is 0.224 e. The molecule has 0 bridgehead atoms. The van der Waals surface area contributed by atoms with E-state index in [4.69, 9.17) is 10.5 Å². The number of benzene rings is 1. The molecule has 1 fully saturated rings. The Labute approximate surface area is 134 Å². The standard InChI is InChI=1S/C14H19BrN2O2.ClH/c1-19-13-5-4-11(15)6-10(13)7-14(18)17-12(8-16)9-2-3-9;/h4-6,9,12H,2-3,7-8,16H2,1H3,(H,17,18);1H. The number of rotatable bonds is 6. The van der Waals surface area contributed by atoms with Crippen LogP contribution in [0.4, 0.5) is 0 Å². The summed E-state index contributed by atoms with van der Waals surface area (Å²) in [6.07, 6.45) is 2.65. The van der Waals surface area contributed by atoms with Crippen molar-refractivity contribution in [2.24, 2.45) is 11.7 Å². The minimum atomic E-state index is -0.00116. The number of methoxy groups -OCH3 is 1. The van der Waals surface area contributed by atoms with Crippen molar-refractivity contribution < 1.29 is 9.53 Å². The van der Waals surface area contributed by atoms with Gasteiger partial charge in [-0.15, -0.1) is 12.4 Å². The molecule has 0 aromatic heterocycles. The monoisotopic (exact) mass is 362 g/mol. The molecule has 2 rings (SSSR count). The van der Waals surface area contributed by atoms with E-state index in [1.807, 2.05) is 18.2 Å². The van der Waals surface area contributed by atoms with Gasteiger partial charge in [-0.25, -0.2) is 0 Å². The maximum absolute atomic E-state index is 12.1. The highest BCUT2D eigenvalue weighted by Crippen LogP contribution is 2.32. The van der Waals surface area contributed by atoms with Crippen LogP contribution in [-0.4, -0.2) is 25.6 Å². The molecule has 1 atom stereocenters. The summed E-state index contributed by atoms with van der Waals surface area (Å²) >= 11 is 3.41. The summed E-state index contributed by atoms with van der Waals surface area (Å²) in [6.45, 7) is 0.506. The van der Waals surface area contributed by atoms with Gasteiger partial charge in [0.05, 0.1) is 13.5 Å². The van der Waals surface area contributed by atoms with Crippen molar-refractivity contribution >= 4 is 34.2 Å². The smallest absolute Gasteiger partial charge is 0.224 e. The molecule has 4 nitrogen and oxygen atoms in total. The molecular weight excluding hydrogens is 344 g/mol. The van der Waals surface area contributed by atoms with E-state index >= 15 is 0 Å². The fourth-order valence-corrected chi connectivity index (χ4v) is 2.59. The highest BCUT2D eigenvalue weighted by atomic mass is 79.9. The molecule has 0 aliphatic heterocycles. The molecule has 1 aliphatic carbocycles. The summed E-state index contributed by atoms with van der Waals surface area (Å²) in [4.78, 5) is 12.1. The molecular formula is C14H20BrClN2O2. The highest BCUT2D eigenvalue weighted by molar-refractivity contribution is 9.10. The summed E-state index contributed by atoms with van der Waals surface area (Å²) in [5.74, 6) is 1.30. The van der Waals surface area contributed by atoms with Gasteiger partial charge in [-0.3, -0.25) is 4.79 Å². The van der Waals surface area contributed by atoms with E-state index in [9.17, 15) is 4.79 Å².